The van der Waals surface area contributed by atoms with E-state index in [0.717, 1.165) is 40.3 Å². The van der Waals surface area contributed by atoms with Crippen molar-refractivity contribution < 1.29 is 9.53 Å². The van der Waals surface area contributed by atoms with Gasteiger partial charge >= 0.3 is 0 Å². The van der Waals surface area contributed by atoms with Crippen molar-refractivity contribution >= 4 is 45.5 Å². The molecule has 6 rings (SSSR count). The number of rotatable bonds is 8. The molecule has 0 bridgehead atoms. The van der Waals surface area contributed by atoms with Gasteiger partial charge in [-0.1, -0.05) is 43.3 Å². The number of methoxy groups -OCH3 is 1. The number of hydrogen-bond acceptors (Lipinski definition) is 4. The molecular formula is C35H34N4O2S. The molecular weight excluding hydrogens is 540 g/mol. The minimum Gasteiger partial charge on any atom is -0.497 e. The predicted molar refractivity (Wildman–Crippen MR) is 174 cm³/mol. The number of carbonyl (C=O) groups is 1. The fraction of sp³-hybridized carbons (Fsp3) is 0.200. The number of amidine groups is 1. The first-order valence-electron chi connectivity index (χ1n) is 14.2. The molecule has 0 radical (unpaired) electrons. The molecule has 212 valence electrons. The number of amides is 1. The lowest BCUT2D eigenvalue weighted by molar-refractivity contribution is -0.122. The van der Waals surface area contributed by atoms with Crippen LogP contribution >= 0.6 is 11.8 Å². The lowest BCUT2D eigenvalue weighted by atomic mass is 10.1. The van der Waals surface area contributed by atoms with Gasteiger partial charge < -0.3 is 14.3 Å². The Kier molecular flexibility index (Phi) is 7.76. The number of aromatic nitrogens is 2. The first kappa shape index (κ1) is 27.7. The van der Waals surface area contributed by atoms with E-state index in [1.807, 2.05) is 53.6 Å². The molecule has 3 heterocycles. The summed E-state index contributed by atoms with van der Waals surface area (Å²) in [4.78, 5) is 24.7. The smallest absolute Gasteiger partial charge is 0.266 e. The number of thioether (sulfide) groups is 1. The third-order valence-electron chi connectivity index (χ3n) is 7.84. The lowest BCUT2D eigenvalue weighted by Crippen LogP contribution is -2.31. The van der Waals surface area contributed by atoms with Gasteiger partial charge in [-0.2, -0.15) is 0 Å². The Hall–Kier alpha value is -4.49. The fourth-order valence-electron chi connectivity index (χ4n) is 5.60. The number of H-pyrrole nitrogens is 1. The highest BCUT2D eigenvalue weighted by atomic mass is 32.2. The van der Waals surface area contributed by atoms with Gasteiger partial charge in [0.25, 0.3) is 5.91 Å². The molecule has 1 saturated heterocycles. The highest BCUT2D eigenvalue weighted by molar-refractivity contribution is 8.18. The molecule has 6 nitrogen and oxygen atoms in total. The maximum absolute atomic E-state index is 13.9. The van der Waals surface area contributed by atoms with Crippen molar-refractivity contribution in [3.63, 3.8) is 0 Å². The van der Waals surface area contributed by atoms with Crippen molar-refractivity contribution in [2.75, 3.05) is 13.7 Å². The van der Waals surface area contributed by atoms with Crippen molar-refractivity contribution in [2.45, 2.75) is 33.6 Å². The largest absolute Gasteiger partial charge is 0.497 e. The van der Waals surface area contributed by atoms with Crippen LogP contribution in [0.2, 0.25) is 0 Å². The number of aliphatic imine (C=N–C) groups is 1. The van der Waals surface area contributed by atoms with E-state index in [-0.39, 0.29) is 5.91 Å². The summed E-state index contributed by atoms with van der Waals surface area (Å²) in [5, 5.41) is 1.86. The summed E-state index contributed by atoms with van der Waals surface area (Å²) in [5.74, 6) is 0.747. The van der Waals surface area contributed by atoms with E-state index in [9.17, 15) is 4.79 Å². The molecule has 1 N–H and O–H groups in total. The number of ether oxygens (including phenoxy) is 1. The Labute approximate surface area is 250 Å². The Morgan fingerprint density at radius 2 is 1.74 bits per heavy atom. The highest BCUT2D eigenvalue weighted by Gasteiger charge is 2.33. The maximum Gasteiger partial charge on any atom is 0.266 e. The molecule has 1 aliphatic heterocycles. The second kappa shape index (κ2) is 11.8. The number of nitrogens with one attached hydrogen (secondary N) is 1. The molecule has 2 aromatic heterocycles. The van der Waals surface area contributed by atoms with Crippen LogP contribution in [-0.2, 0) is 17.6 Å². The van der Waals surface area contributed by atoms with Crippen molar-refractivity contribution in [1.82, 2.24) is 14.5 Å². The quantitative estimate of drug-likeness (QED) is 0.191. The summed E-state index contributed by atoms with van der Waals surface area (Å²) in [6, 6.07) is 26.5. The third-order valence-corrected chi connectivity index (χ3v) is 8.84. The number of carbonyl (C=O) groups excluding carboxylic acids is 1. The Bertz CT molecular complexity index is 1830. The van der Waals surface area contributed by atoms with Crippen molar-refractivity contribution in [1.29, 1.82) is 0 Å². The van der Waals surface area contributed by atoms with E-state index in [2.05, 4.69) is 72.8 Å². The normalized spacial score (nSPS) is 15.4. The van der Waals surface area contributed by atoms with Gasteiger partial charge in [-0.05, 0) is 104 Å². The van der Waals surface area contributed by atoms with Gasteiger partial charge in [0.1, 0.15) is 5.75 Å². The van der Waals surface area contributed by atoms with Crippen LogP contribution in [0.25, 0.3) is 22.7 Å². The van der Waals surface area contributed by atoms with Crippen LogP contribution in [0.15, 0.2) is 95.0 Å². The van der Waals surface area contributed by atoms with E-state index in [1.54, 1.807) is 7.11 Å². The third kappa shape index (κ3) is 5.28. The monoisotopic (exact) mass is 574 g/mol. The molecule has 0 saturated carbocycles. The number of nitrogens with zero attached hydrogens (tertiary/aromatic N) is 3. The van der Waals surface area contributed by atoms with Crippen molar-refractivity contribution in [2.24, 2.45) is 4.99 Å². The first-order valence-corrected chi connectivity index (χ1v) is 15.0. The number of fused-ring (bicyclic) bond motifs is 1. The molecule has 7 heteroatoms. The SMILES string of the molecule is CCc1ccccc1-n1c(C)cc(/C=C2\SC(=Nc3ccc(OC)cc3)N(CCc3c[nH]c4ccccc34)C2=O)c1C. The van der Waals surface area contributed by atoms with Crippen LogP contribution in [0.3, 0.4) is 0 Å². The number of aryl methyl sites for hydroxylation is 2. The average Bonchev–Trinajstić information content (AvgIpc) is 3.65. The fourth-order valence-corrected chi connectivity index (χ4v) is 6.62. The summed E-state index contributed by atoms with van der Waals surface area (Å²) in [5.41, 5.74) is 8.83. The number of aromatic amines is 1. The predicted octanol–water partition coefficient (Wildman–Crippen LogP) is 7.99. The number of para-hydroxylation sites is 2. The van der Waals surface area contributed by atoms with Gasteiger partial charge in [-0.3, -0.25) is 9.69 Å². The van der Waals surface area contributed by atoms with E-state index >= 15 is 0 Å². The van der Waals surface area contributed by atoms with E-state index in [4.69, 9.17) is 9.73 Å². The standard InChI is InChI=1S/C35H34N4O2S/c1-5-25-10-6-9-13-32(25)39-23(2)20-27(24(39)3)21-33-34(40)38(19-18-26-22-36-31-12-8-7-11-30(26)31)35(42-33)37-28-14-16-29(41-4)17-15-28/h6-17,20-22,36H,5,18-19H2,1-4H3/b33-21-,37-35?. The molecule has 1 fully saturated rings. The average molecular weight is 575 g/mol. The summed E-state index contributed by atoms with van der Waals surface area (Å²) < 4.78 is 7.60. The van der Waals surface area contributed by atoms with E-state index in [1.165, 1.54) is 34.0 Å². The molecule has 0 aliphatic carbocycles. The Balaban J connectivity index is 1.35. The molecule has 1 aliphatic rings. The van der Waals surface area contributed by atoms with Crippen LogP contribution in [0.5, 0.6) is 5.75 Å². The number of hydrogen-bond donors (Lipinski definition) is 1. The first-order chi connectivity index (χ1) is 20.5. The van der Waals surface area contributed by atoms with Crippen LogP contribution in [0.1, 0.15) is 35.0 Å². The van der Waals surface area contributed by atoms with Crippen LogP contribution < -0.4 is 4.74 Å². The number of benzene rings is 3. The van der Waals surface area contributed by atoms with Gasteiger partial charge in [0.15, 0.2) is 5.17 Å². The maximum atomic E-state index is 13.9. The molecule has 0 unspecified atom stereocenters. The Morgan fingerprint density at radius 1 is 0.976 bits per heavy atom. The summed E-state index contributed by atoms with van der Waals surface area (Å²) >= 11 is 1.43. The molecule has 1 amide bonds. The van der Waals surface area contributed by atoms with Gasteiger partial charge in [0.2, 0.25) is 0 Å². The molecule has 3 aromatic carbocycles. The zero-order valence-corrected chi connectivity index (χ0v) is 25.2. The molecule has 42 heavy (non-hydrogen) atoms. The van der Waals surface area contributed by atoms with Crippen molar-refractivity contribution in [3.05, 3.63) is 118 Å². The zero-order valence-electron chi connectivity index (χ0n) is 24.3. The molecule has 0 spiro atoms. The van der Waals surface area contributed by atoms with E-state index < -0.39 is 0 Å². The minimum absolute atomic E-state index is 0.0223. The topological polar surface area (TPSA) is 62.6 Å². The van der Waals surface area contributed by atoms with Gasteiger partial charge in [-0.15, -0.1) is 0 Å². The van der Waals surface area contributed by atoms with Gasteiger partial charge in [-0.25, -0.2) is 4.99 Å². The summed E-state index contributed by atoms with van der Waals surface area (Å²) in [6.45, 7) is 6.95. The summed E-state index contributed by atoms with van der Waals surface area (Å²) in [6.07, 6.45) is 5.73. The second-order valence-corrected chi connectivity index (χ2v) is 11.4. The molecule has 5 aromatic rings. The Morgan fingerprint density at radius 3 is 2.52 bits per heavy atom. The van der Waals surface area contributed by atoms with E-state index in [0.29, 0.717) is 23.0 Å². The lowest BCUT2D eigenvalue weighted by Gasteiger charge is -2.15. The highest BCUT2D eigenvalue weighted by Crippen LogP contribution is 2.36. The molecule has 0 atom stereocenters. The van der Waals surface area contributed by atoms with Crippen LogP contribution in [0, 0.1) is 13.8 Å². The van der Waals surface area contributed by atoms with Crippen molar-refractivity contribution in [3.8, 4) is 11.4 Å². The van der Waals surface area contributed by atoms with Crippen LogP contribution in [-0.4, -0.2) is 39.2 Å². The van der Waals surface area contributed by atoms with Gasteiger partial charge in [0, 0.05) is 40.7 Å². The van der Waals surface area contributed by atoms with Gasteiger partial charge in [0.05, 0.1) is 17.7 Å². The second-order valence-electron chi connectivity index (χ2n) is 10.4. The zero-order chi connectivity index (χ0) is 29.2. The summed E-state index contributed by atoms with van der Waals surface area (Å²) in [7, 11) is 1.65. The minimum atomic E-state index is -0.0223. The van der Waals surface area contributed by atoms with Crippen LogP contribution in [0.4, 0.5) is 5.69 Å².